The smallest absolute Gasteiger partial charge is 0.168 e. The predicted octanol–water partition coefficient (Wildman–Crippen LogP) is 2.16. The molecule has 2 fully saturated rings. The Labute approximate surface area is 94.0 Å². The molecule has 15 heavy (non-hydrogen) atoms. The van der Waals surface area contributed by atoms with Crippen LogP contribution >= 0.6 is 11.6 Å². The van der Waals surface area contributed by atoms with E-state index in [0.717, 1.165) is 18.3 Å². The highest BCUT2D eigenvalue weighted by Crippen LogP contribution is 2.62. The van der Waals surface area contributed by atoms with Crippen molar-refractivity contribution in [3.63, 3.8) is 0 Å². The molecule has 0 radical (unpaired) electrons. The van der Waals surface area contributed by atoms with Gasteiger partial charge >= 0.3 is 0 Å². The van der Waals surface area contributed by atoms with E-state index in [4.69, 9.17) is 11.6 Å². The SMILES string of the molecule is CC(Cl)c1nnnn1CC1(C2CC2)CC1. The molecule has 0 N–H and O–H groups in total. The molecule has 1 atom stereocenters. The number of halogens is 1. The first kappa shape index (κ1) is 9.58. The number of rotatable bonds is 4. The molecule has 0 bridgehead atoms. The fraction of sp³-hybridized carbons (Fsp3) is 0.900. The zero-order valence-electron chi connectivity index (χ0n) is 8.86. The first-order valence-electron chi connectivity index (χ1n) is 5.61. The first-order valence-corrected chi connectivity index (χ1v) is 6.05. The zero-order chi connectivity index (χ0) is 10.5. The molecule has 0 aromatic carbocycles. The minimum absolute atomic E-state index is 0.102. The molecular weight excluding hydrogens is 212 g/mol. The van der Waals surface area contributed by atoms with Gasteiger partial charge in [0.25, 0.3) is 0 Å². The number of alkyl halides is 1. The molecule has 0 saturated heterocycles. The second-order valence-corrected chi connectivity index (χ2v) is 5.60. The summed E-state index contributed by atoms with van der Waals surface area (Å²) in [5, 5.41) is 11.6. The first-order chi connectivity index (χ1) is 7.21. The van der Waals surface area contributed by atoms with Gasteiger partial charge in [0.15, 0.2) is 5.82 Å². The monoisotopic (exact) mass is 226 g/mol. The maximum absolute atomic E-state index is 6.03. The minimum atomic E-state index is -0.102. The number of hydrogen-bond donors (Lipinski definition) is 0. The number of nitrogens with zero attached hydrogens (tertiary/aromatic N) is 4. The van der Waals surface area contributed by atoms with Crippen LogP contribution in [0.4, 0.5) is 0 Å². The standard InChI is InChI=1S/C10H15ClN4/c1-7(11)9-12-13-14-15(9)6-10(4-5-10)8-2-3-8/h7-8H,2-6H2,1H3. The Balaban J connectivity index is 1.78. The molecule has 1 aromatic rings. The van der Waals surface area contributed by atoms with Crippen molar-refractivity contribution in [1.82, 2.24) is 20.2 Å². The summed E-state index contributed by atoms with van der Waals surface area (Å²) in [4.78, 5) is 0. The van der Waals surface area contributed by atoms with Crippen LogP contribution in [0.15, 0.2) is 0 Å². The Morgan fingerprint density at radius 1 is 1.53 bits per heavy atom. The van der Waals surface area contributed by atoms with Crippen LogP contribution in [-0.4, -0.2) is 20.2 Å². The molecule has 82 valence electrons. The van der Waals surface area contributed by atoms with Crippen molar-refractivity contribution in [3.8, 4) is 0 Å². The van der Waals surface area contributed by atoms with Crippen LogP contribution in [0.5, 0.6) is 0 Å². The van der Waals surface area contributed by atoms with Gasteiger partial charge < -0.3 is 0 Å². The van der Waals surface area contributed by atoms with E-state index >= 15 is 0 Å². The zero-order valence-corrected chi connectivity index (χ0v) is 9.61. The molecule has 2 aliphatic carbocycles. The lowest BCUT2D eigenvalue weighted by Crippen LogP contribution is -2.17. The summed E-state index contributed by atoms with van der Waals surface area (Å²) >= 11 is 6.03. The van der Waals surface area contributed by atoms with Crippen molar-refractivity contribution in [2.24, 2.45) is 11.3 Å². The molecule has 0 spiro atoms. The van der Waals surface area contributed by atoms with Gasteiger partial charge in [-0.1, -0.05) is 0 Å². The third kappa shape index (κ3) is 1.65. The molecule has 4 nitrogen and oxygen atoms in total. The van der Waals surface area contributed by atoms with E-state index in [9.17, 15) is 0 Å². The Bertz CT molecular complexity index is 365. The molecule has 0 aliphatic heterocycles. The van der Waals surface area contributed by atoms with Crippen molar-refractivity contribution in [3.05, 3.63) is 5.82 Å². The van der Waals surface area contributed by atoms with E-state index in [1.165, 1.54) is 25.7 Å². The van der Waals surface area contributed by atoms with Crippen molar-refractivity contribution in [2.45, 2.75) is 44.5 Å². The van der Waals surface area contributed by atoms with E-state index in [1.54, 1.807) is 0 Å². The molecule has 0 amide bonds. The van der Waals surface area contributed by atoms with E-state index < -0.39 is 0 Å². The van der Waals surface area contributed by atoms with Gasteiger partial charge in [-0.05, 0) is 54.4 Å². The van der Waals surface area contributed by atoms with Gasteiger partial charge in [-0.3, -0.25) is 0 Å². The summed E-state index contributed by atoms with van der Waals surface area (Å²) in [5.74, 6) is 1.74. The average molecular weight is 227 g/mol. The van der Waals surface area contributed by atoms with Gasteiger partial charge in [0.2, 0.25) is 0 Å². The lowest BCUT2D eigenvalue weighted by Gasteiger charge is -2.14. The summed E-state index contributed by atoms with van der Waals surface area (Å²) in [6.07, 6.45) is 5.48. The van der Waals surface area contributed by atoms with Crippen molar-refractivity contribution in [1.29, 1.82) is 0 Å². The average Bonchev–Trinajstić information content (AvgIpc) is 3.04. The highest BCUT2D eigenvalue weighted by atomic mass is 35.5. The molecule has 2 aliphatic rings. The summed E-state index contributed by atoms with van der Waals surface area (Å²) in [6, 6.07) is 0. The van der Waals surface area contributed by atoms with Crippen LogP contribution in [0.25, 0.3) is 0 Å². The Kier molecular flexibility index (Phi) is 2.03. The van der Waals surface area contributed by atoms with Crippen LogP contribution in [0.3, 0.4) is 0 Å². The van der Waals surface area contributed by atoms with E-state index in [0.29, 0.717) is 5.41 Å². The normalized spacial score (nSPS) is 25.2. The summed E-state index contributed by atoms with van der Waals surface area (Å²) < 4.78 is 1.91. The Hall–Kier alpha value is -0.640. The quantitative estimate of drug-likeness (QED) is 0.739. The predicted molar refractivity (Wildman–Crippen MR) is 56.5 cm³/mol. The van der Waals surface area contributed by atoms with Crippen LogP contribution in [0.1, 0.15) is 43.8 Å². The van der Waals surface area contributed by atoms with E-state index in [1.807, 2.05) is 11.6 Å². The van der Waals surface area contributed by atoms with Crippen LogP contribution in [0, 0.1) is 11.3 Å². The van der Waals surface area contributed by atoms with Gasteiger partial charge in [0, 0.05) is 0 Å². The second kappa shape index (κ2) is 3.17. The molecule has 1 unspecified atom stereocenters. The largest absolute Gasteiger partial charge is 0.228 e. The van der Waals surface area contributed by atoms with Crippen molar-refractivity contribution >= 4 is 11.6 Å². The van der Waals surface area contributed by atoms with Crippen molar-refractivity contribution in [2.75, 3.05) is 0 Å². The fourth-order valence-electron chi connectivity index (χ4n) is 2.46. The number of aromatic nitrogens is 4. The third-order valence-electron chi connectivity index (χ3n) is 3.72. The maximum Gasteiger partial charge on any atom is 0.168 e. The van der Waals surface area contributed by atoms with E-state index in [-0.39, 0.29) is 5.38 Å². The van der Waals surface area contributed by atoms with Crippen molar-refractivity contribution < 1.29 is 0 Å². The van der Waals surface area contributed by atoms with Gasteiger partial charge in [-0.25, -0.2) is 4.68 Å². The molecular formula is C10H15ClN4. The summed E-state index contributed by atoms with van der Waals surface area (Å²) in [6.45, 7) is 2.89. The maximum atomic E-state index is 6.03. The highest BCUT2D eigenvalue weighted by Gasteiger charge is 2.54. The Morgan fingerprint density at radius 2 is 2.27 bits per heavy atom. The third-order valence-corrected chi connectivity index (χ3v) is 3.91. The second-order valence-electron chi connectivity index (χ2n) is 4.95. The summed E-state index contributed by atoms with van der Waals surface area (Å²) in [5.41, 5.74) is 0.524. The van der Waals surface area contributed by atoms with Crippen LogP contribution in [0.2, 0.25) is 0 Å². The van der Waals surface area contributed by atoms with Gasteiger partial charge in [-0.2, -0.15) is 0 Å². The minimum Gasteiger partial charge on any atom is -0.228 e. The van der Waals surface area contributed by atoms with Gasteiger partial charge in [0.1, 0.15) is 0 Å². The van der Waals surface area contributed by atoms with Gasteiger partial charge in [-0.15, -0.1) is 16.7 Å². The van der Waals surface area contributed by atoms with E-state index in [2.05, 4.69) is 15.5 Å². The molecule has 1 aromatic heterocycles. The lowest BCUT2D eigenvalue weighted by atomic mass is 10.0. The lowest BCUT2D eigenvalue weighted by molar-refractivity contribution is 0.340. The van der Waals surface area contributed by atoms with Gasteiger partial charge in [0.05, 0.1) is 11.9 Å². The number of tetrazole rings is 1. The summed E-state index contributed by atoms with van der Waals surface area (Å²) in [7, 11) is 0. The topological polar surface area (TPSA) is 43.6 Å². The molecule has 5 heteroatoms. The molecule has 3 rings (SSSR count). The fourth-order valence-corrected chi connectivity index (χ4v) is 2.62. The highest BCUT2D eigenvalue weighted by molar-refractivity contribution is 6.20. The van der Waals surface area contributed by atoms with Crippen LogP contribution in [-0.2, 0) is 6.54 Å². The molecule has 1 heterocycles. The molecule has 2 saturated carbocycles. The number of hydrogen-bond acceptors (Lipinski definition) is 3. The Morgan fingerprint density at radius 3 is 2.80 bits per heavy atom. The van der Waals surface area contributed by atoms with Crippen LogP contribution < -0.4 is 0 Å².